The summed E-state index contributed by atoms with van der Waals surface area (Å²) in [5.74, 6) is 0.798. The first kappa shape index (κ1) is 15.3. The summed E-state index contributed by atoms with van der Waals surface area (Å²) in [5, 5.41) is 13.4. The summed E-state index contributed by atoms with van der Waals surface area (Å²) in [6, 6.07) is 26.8. The van der Waals surface area contributed by atoms with Crippen LogP contribution in [0.15, 0.2) is 78.9 Å². The van der Waals surface area contributed by atoms with E-state index < -0.39 is 5.54 Å². The first-order chi connectivity index (χ1) is 12.8. The summed E-state index contributed by atoms with van der Waals surface area (Å²) in [4.78, 5) is 0. The van der Waals surface area contributed by atoms with Gasteiger partial charge >= 0.3 is 0 Å². The van der Waals surface area contributed by atoms with Crippen molar-refractivity contribution in [1.82, 2.24) is 20.2 Å². The van der Waals surface area contributed by atoms with E-state index in [0.29, 0.717) is 5.02 Å². The van der Waals surface area contributed by atoms with Crippen LogP contribution in [0.1, 0.15) is 16.7 Å². The minimum atomic E-state index is -0.499. The molecule has 1 unspecified atom stereocenters. The van der Waals surface area contributed by atoms with Gasteiger partial charge in [0.25, 0.3) is 0 Å². The van der Waals surface area contributed by atoms with Crippen molar-refractivity contribution >= 4 is 11.6 Å². The molecule has 0 saturated heterocycles. The van der Waals surface area contributed by atoms with Crippen molar-refractivity contribution in [1.29, 1.82) is 0 Å². The highest BCUT2D eigenvalue weighted by atomic mass is 35.5. The van der Waals surface area contributed by atoms with Crippen LogP contribution in [0.3, 0.4) is 0 Å². The smallest absolute Gasteiger partial charge is 0.183 e. The van der Waals surface area contributed by atoms with Gasteiger partial charge in [-0.2, -0.15) is 0 Å². The molecule has 4 nitrogen and oxygen atoms in total. The van der Waals surface area contributed by atoms with Gasteiger partial charge in [0.15, 0.2) is 5.82 Å². The fraction of sp³-hybridized carbons (Fsp3) is 0.0952. The normalized spacial score (nSPS) is 17.7. The summed E-state index contributed by atoms with van der Waals surface area (Å²) in [5.41, 5.74) is 4.10. The predicted molar refractivity (Wildman–Crippen MR) is 101 cm³/mol. The molecule has 5 rings (SSSR count). The topological polar surface area (TPSA) is 43.6 Å². The fourth-order valence-electron chi connectivity index (χ4n) is 3.93. The van der Waals surface area contributed by atoms with Crippen molar-refractivity contribution in [3.05, 3.63) is 101 Å². The summed E-state index contributed by atoms with van der Waals surface area (Å²) in [6.45, 7) is 0. The Hall–Kier alpha value is -2.98. The van der Waals surface area contributed by atoms with Crippen molar-refractivity contribution in [3.8, 4) is 11.4 Å². The molecule has 1 atom stereocenters. The summed E-state index contributed by atoms with van der Waals surface area (Å²) >= 11 is 6.16. The van der Waals surface area contributed by atoms with Crippen LogP contribution in [0.5, 0.6) is 0 Å². The van der Waals surface area contributed by atoms with E-state index in [4.69, 9.17) is 11.6 Å². The molecule has 26 heavy (non-hydrogen) atoms. The van der Waals surface area contributed by atoms with E-state index in [0.717, 1.165) is 23.4 Å². The van der Waals surface area contributed by atoms with Crippen LogP contribution in [-0.2, 0) is 12.0 Å². The van der Waals surface area contributed by atoms with E-state index in [1.54, 1.807) is 0 Å². The third-order valence-electron chi connectivity index (χ3n) is 5.07. The van der Waals surface area contributed by atoms with Crippen molar-refractivity contribution < 1.29 is 0 Å². The largest absolute Gasteiger partial charge is 0.210 e. The number of tetrazole rings is 1. The second kappa shape index (κ2) is 5.78. The van der Waals surface area contributed by atoms with Gasteiger partial charge in [-0.3, -0.25) is 0 Å². The molecule has 126 valence electrons. The lowest BCUT2D eigenvalue weighted by Gasteiger charge is -2.32. The third-order valence-corrected chi connectivity index (χ3v) is 5.32. The molecule has 2 heterocycles. The highest BCUT2D eigenvalue weighted by Crippen LogP contribution is 2.47. The van der Waals surface area contributed by atoms with E-state index in [2.05, 4.69) is 70.1 Å². The molecule has 0 aliphatic carbocycles. The molecule has 0 fully saturated rings. The number of hydrogen-bond acceptors (Lipinski definition) is 3. The lowest BCUT2D eigenvalue weighted by Crippen LogP contribution is -2.37. The van der Waals surface area contributed by atoms with Crippen LogP contribution in [0.4, 0.5) is 0 Å². The van der Waals surface area contributed by atoms with Crippen molar-refractivity contribution in [3.63, 3.8) is 0 Å². The SMILES string of the molecule is Clc1ccc(C2(Cc3ccccc3)c3ccccc3-c3nnnn32)cc1. The van der Waals surface area contributed by atoms with Crippen molar-refractivity contribution in [2.45, 2.75) is 12.0 Å². The maximum atomic E-state index is 6.16. The Morgan fingerprint density at radius 2 is 1.58 bits per heavy atom. The molecule has 0 amide bonds. The van der Waals surface area contributed by atoms with Crippen LogP contribution in [0.2, 0.25) is 5.02 Å². The highest BCUT2D eigenvalue weighted by molar-refractivity contribution is 6.30. The van der Waals surface area contributed by atoms with E-state index in [9.17, 15) is 0 Å². The lowest BCUT2D eigenvalue weighted by atomic mass is 9.78. The zero-order valence-corrected chi connectivity index (χ0v) is 14.6. The summed E-state index contributed by atoms with van der Waals surface area (Å²) in [6.07, 6.45) is 0.754. The van der Waals surface area contributed by atoms with E-state index in [-0.39, 0.29) is 0 Å². The van der Waals surface area contributed by atoms with Gasteiger partial charge < -0.3 is 0 Å². The minimum absolute atomic E-state index is 0.499. The van der Waals surface area contributed by atoms with Gasteiger partial charge in [-0.1, -0.05) is 78.3 Å². The number of aromatic nitrogens is 4. The third kappa shape index (κ3) is 2.12. The van der Waals surface area contributed by atoms with Gasteiger partial charge in [-0.05, 0) is 39.2 Å². The molecule has 1 aliphatic heterocycles. The molecule has 0 radical (unpaired) electrons. The molecule has 0 spiro atoms. The highest BCUT2D eigenvalue weighted by Gasteiger charge is 2.46. The van der Waals surface area contributed by atoms with E-state index in [1.165, 1.54) is 11.1 Å². The maximum absolute atomic E-state index is 6.16. The van der Waals surface area contributed by atoms with Crippen LogP contribution < -0.4 is 0 Å². The Morgan fingerprint density at radius 3 is 2.38 bits per heavy atom. The number of fused-ring (bicyclic) bond motifs is 3. The first-order valence-electron chi connectivity index (χ1n) is 8.48. The summed E-state index contributed by atoms with van der Waals surface area (Å²) < 4.78 is 1.95. The van der Waals surface area contributed by atoms with Gasteiger partial charge in [0.2, 0.25) is 0 Å². The number of halogens is 1. The molecule has 4 aromatic rings. The van der Waals surface area contributed by atoms with Gasteiger partial charge in [0.05, 0.1) is 0 Å². The average Bonchev–Trinajstić information content (AvgIpc) is 3.26. The number of benzene rings is 3. The molecule has 0 saturated carbocycles. The molecule has 0 bridgehead atoms. The van der Waals surface area contributed by atoms with E-state index >= 15 is 0 Å². The van der Waals surface area contributed by atoms with Crippen LogP contribution in [-0.4, -0.2) is 20.2 Å². The Labute approximate surface area is 156 Å². The Morgan fingerprint density at radius 1 is 0.846 bits per heavy atom. The number of nitrogens with zero attached hydrogens (tertiary/aromatic N) is 4. The van der Waals surface area contributed by atoms with Gasteiger partial charge in [-0.15, -0.1) is 5.10 Å². The maximum Gasteiger partial charge on any atom is 0.183 e. The van der Waals surface area contributed by atoms with Crippen molar-refractivity contribution in [2.24, 2.45) is 0 Å². The van der Waals surface area contributed by atoms with Crippen LogP contribution in [0, 0.1) is 0 Å². The number of hydrogen-bond donors (Lipinski definition) is 0. The molecular weight excluding hydrogens is 344 g/mol. The quantitative estimate of drug-likeness (QED) is 0.547. The fourth-order valence-corrected chi connectivity index (χ4v) is 4.06. The van der Waals surface area contributed by atoms with Crippen LogP contribution >= 0.6 is 11.6 Å². The standard InChI is InChI=1S/C21H15ClN4/c22-17-12-10-16(11-13-17)21(14-15-6-2-1-3-7-15)19-9-5-4-8-18(19)20-23-24-25-26(20)21/h1-13H,14H2. The molecule has 3 aromatic carbocycles. The Balaban J connectivity index is 1.82. The van der Waals surface area contributed by atoms with E-state index in [1.807, 2.05) is 28.9 Å². The molecule has 1 aromatic heterocycles. The zero-order valence-electron chi connectivity index (χ0n) is 13.9. The second-order valence-corrected chi connectivity index (χ2v) is 6.93. The van der Waals surface area contributed by atoms with Gasteiger partial charge in [0.1, 0.15) is 5.54 Å². The van der Waals surface area contributed by atoms with Crippen molar-refractivity contribution in [2.75, 3.05) is 0 Å². The average molecular weight is 359 g/mol. The second-order valence-electron chi connectivity index (χ2n) is 6.49. The Bertz CT molecular complexity index is 1070. The first-order valence-corrected chi connectivity index (χ1v) is 8.85. The van der Waals surface area contributed by atoms with Gasteiger partial charge in [0, 0.05) is 17.0 Å². The molecule has 5 heteroatoms. The zero-order chi connectivity index (χ0) is 17.6. The monoisotopic (exact) mass is 358 g/mol. The van der Waals surface area contributed by atoms with Gasteiger partial charge in [-0.25, -0.2) is 4.68 Å². The minimum Gasteiger partial charge on any atom is -0.210 e. The molecular formula is C21H15ClN4. The number of rotatable bonds is 3. The lowest BCUT2D eigenvalue weighted by molar-refractivity contribution is 0.395. The molecule has 0 N–H and O–H groups in total. The Kier molecular flexibility index (Phi) is 3.40. The van der Waals surface area contributed by atoms with Crippen LogP contribution in [0.25, 0.3) is 11.4 Å². The predicted octanol–water partition coefficient (Wildman–Crippen LogP) is 4.34. The molecule has 1 aliphatic rings. The summed E-state index contributed by atoms with van der Waals surface area (Å²) in [7, 11) is 0.